The molecule has 2 rings (SSSR count). The van der Waals surface area contributed by atoms with Crippen molar-refractivity contribution < 1.29 is 14.8 Å². The van der Waals surface area contributed by atoms with Gasteiger partial charge in [0.25, 0.3) is 5.69 Å². The van der Waals surface area contributed by atoms with E-state index in [1.165, 1.54) is 12.1 Å². The van der Waals surface area contributed by atoms with Gasteiger partial charge in [-0.1, -0.05) is 34.1 Å². The molecule has 0 aliphatic rings. The molecule has 5 nitrogen and oxygen atoms in total. The van der Waals surface area contributed by atoms with E-state index < -0.39 is 4.92 Å². The third kappa shape index (κ3) is 3.59. The molecule has 0 amide bonds. The van der Waals surface area contributed by atoms with Crippen molar-refractivity contribution in [3.05, 3.63) is 67.7 Å². The number of benzene rings is 2. The number of aryl methyl sites for hydroxylation is 1. The Bertz CT molecular complexity index is 673. The summed E-state index contributed by atoms with van der Waals surface area (Å²) < 4.78 is 6.39. The van der Waals surface area contributed by atoms with Crippen LogP contribution in [0.15, 0.2) is 40.9 Å². The summed E-state index contributed by atoms with van der Waals surface area (Å²) in [5.41, 5.74) is 2.47. The van der Waals surface area contributed by atoms with Crippen molar-refractivity contribution in [2.75, 3.05) is 0 Å². The highest BCUT2D eigenvalue weighted by Crippen LogP contribution is 2.27. The van der Waals surface area contributed by atoms with Crippen molar-refractivity contribution in [3.8, 4) is 5.75 Å². The number of nitro benzene ring substituents is 1. The molecule has 0 unspecified atom stereocenters. The molecule has 0 saturated heterocycles. The summed E-state index contributed by atoms with van der Waals surface area (Å²) in [6.07, 6.45) is 0. The van der Waals surface area contributed by atoms with E-state index in [1.54, 1.807) is 12.1 Å². The Morgan fingerprint density at radius 2 is 2.05 bits per heavy atom. The minimum absolute atomic E-state index is 0.0255. The first-order valence-corrected chi connectivity index (χ1v) is 7.07. The highest BCUT2D eigenvalue weighted by molar-refractivity contribution is 9.10. The highest BCUT2D eigenvalue weighted by atomic mass is 79.9. The lowest BCUT2D eigenvalue weighted by Crippen LogP contribution is -2.01. The molecule has 0 aliphatic heterocycles. The average Bonchev–Trinajstić information content (AvgIpc) is 2.46. The van der Waals surface area contributed by atoms with Gasteiger partial charge < -0.3 is 9.84 Å². The molecule has 1 N–H and O–H groups in total. The van der Waals surface area contributed by atoms with Crippen LogP contribution in [0.1, 0.15) is 16.7 Å². The fourth-order valence-corrected chi connectivity index (χ4v) is 2.44. The minimum Gasteiger partial charge on any atom is -0.488 e. The molecule has 6 heteroatoms. The summed E-state index contributed by atoms with van der Waals surface area (Å²) in [7, 11) is 0. The Hall–Kier alpha value is -1.92. The van der Waals surface area contributed by atoms with Crippen LogP contribution in [0.2, 0.25) is 0 Å². The lowest BCUT2D eigenvalue weighted by molar-refractivity contribution is -0.384. The van der Waals surface area contributed by atoms with E-state index in [4.69, 9.17) is 4.74 Å². The molecule has 0 spiro atoms. The number of non-ortho nitro benzene ring substituents is 1. The van der Waals surface area contributed by atoms with Gasteiger partial charge in [-0.05, 0) is 18.6 Å². The van der Waals surface area contributed by atoms with Crippen molar-refractivity contribution in [3.63, 3.8) is 0 Å². The largest absolute Gasteiger partial charge is 0.488 e. The molecule has 0 aromatic heterocycles. The van der Waals surface area contributed by atoms with Gasteiger partial charge in [0.05, 0.1) is 11.5 Å². The maximum atomic E-state index is 10.7. The maximum Gasteiger partial charge on any atom is 0.270 e. The predicted octanol–water partition coefficient (Wildman–Crippen LogP) is 3.74. The Morgan fingerprint density at radius 1 is 1.29 bits per heavy atom. The molecule has 0 radical (unpaired) electrons. The Kier molecular flexibility index (Phi) is 4.93. The number of hydrogen-bond donors (Lipinski definition) is 1. The predicted molar refractivity (Wildman–Crippen MR) is 82.2 cm³/mol. The molecule has 0 heterocycles. The summed E-state index contributed by atoms with van der Waals surface area (Å²) in [5.74, 6) is 0.644. The summed E-state index contributed by atoms with van der Waals surface area (Å²) in [6, 6.07) is 10.1. The van der Waals surface area contributed by atoms with Crippen LogP contribution in [0.4, 0.5) is 5.69 Å². The van der Waals surface area contributed by atoms with Crippen molar-refractivity contribution in [1.29, 1.82) is 0 Å². The number of hydrogen-bond acceptors (Lipinski definition) is 4. The van der Waals surface area contributed by atoms with Gasteiger partial charge >= 0.3 is 0 Å². The van der Waals surface area contributed by atoms with Crippen LogP contribution in [-0.2, 0) is 13.2 Å². The second-order valence-electron chi connectivity index (χ2n) is 4.54. The zero-order chi connectivity index (χ0) is 15.4. The fourth-order valence-electron chi connectivity index (χ4n) is 1.96. The summed E-state index contributed by atoms with van der Waals surface area (Å²) >= 11 is 3.31. The molecular formula is C15H14BrNO4. The van der Waals surface area contributed by atoms with E-state index >= 15 is 0 Å². The van der Waals surface area contributed by atoms with Gasteiger partial charge in [0, 0.05) is 27.7 Å². The van der Waals surface area contributed by atoms with Crippen molar-refractivity contribution >= 4 is 21.6 Å². The van der Waals surface area contributed by atoms with Crippen LogP contribution in [0.5, 0.6) is 5.75 Å². The van der Waals surface area contributed by atoms with Crippen LogP contribution in [-0.4, -0.2) is 10.0 Å². The van der Waals surface area contributed by atoms with Crippen molar-refractivity contribution in [2.24, 2.45) is 0 Å². The van der Waals surface area contributed by atoms with Gasteiger partial charge in [0.15, 0.2) is 0 Å². The summed E-state index contributed by atoms with van der Waals surface area (Å²) in [4.78, 5) is 10.3. The zero-order valence-electron chi connectivity index (χ0n) is 11.4. The lowest BCUT2D eigenvalue weighted by Gasteiger charge is -2.13. The SMILES string of the molecule is Cc1cccc(CO)c1OCc1ccc([N+](=O)[O-])cc1Br. The lowest BCUT2D eigenvalue weighted by atomic mass is 10.1. The number of aliphatic hydroxyl groups is 1. The number of para-hydroxylation sites is 1. The van der Waals surface area contributed by atoms with Gasteiger partial charge in [-0.2, -0.15) is 0 Å². The summed E-state index contributed by atoms with van der Waals surface area (Å²) in [5, 5.41) is 20.0. The topological polar surface area (TPSA) is 72.6 Å². The number of ether oxygens (including phenoxy) is 1. The second-order valence-corrected chi connectivity index (χ2v) is 5.40. The van der Waals surface area contributed by atoms with Crippen LogP contribution in [0, 0.1) is 17.0 Å². The van der Waals surface area contributed by atoms with Crippen LogP contribution < -0.4 is 4.74 Å². The first kappa shape index (κ1) is 15.5. The van der Waals surface area contributed by atoms with E-state index in [0.717, 1.165) is 11.1 Å². The average molecular weight is 352 g/mol. The van der Waals surface area contributed by atoms with Gasteiger partial charge in [0.2, 0.25) is 0 Å². The quantitative estimate of drug-likeness (QED) is 0.657. The maximum absolute atomic E-state index is 10.7. The first-order chi connectivity index (χ1) is 10.0. The summed E-state index contributed by atoms with van der Waals surface area (Å²) in [6.45, 7) is 2.06. The Balaban J connectivity index is 2.19. The molecular weight excluding hydrogens is 338 g/mol. The van der Waals surface area contributed by atoms with E-state index in [2.05, 4.69) is 15.9 Å². The standard InChI is InChI=1S/C15H14BrNO4/c1-10-3-2-4-11(8-18)15(10)21-9-12-5-6-13(17(19)20)7-14(12)16/h2-7,18H,8-9H2,1H3. The zero-order valence-corrected chi connectivity index (χ0v) is 13.0. The van der Waals surface area contributed by atoms with Crippen molar-refractivity contribution in [2.45, 2.75) is 20.1 Å². The van der Waals surface area contributed by atoms with E-state index in [-0.39, 0.29) is 18.9 Å². The van der Waals surface area contributed by atoms with Gasteiger partial charge in [-0.25, -0.2) is 0 Å². The van der Waals surface area contributed by atoms with Gasteiger partial charge in [0.1, 0.15) is 12.4 Å². The Labute approximate surface area is 130 Å². The van der Waals surface area contributed by atoms with Gasteiger partial charge in [-0.15, -0.1) is 0 Å². The molecule has 0 atom stereocenters. The third-order valence-electron chi connectivity index (χ3n) is 3.08. The molecule has 110 valence electrons. The molecule has 2 aromatic rings. The molecule has 0 fully saturated rings. The molecule has 0 saturated carbocycles. The fraction of sp³-hybridized carbons (Fsp3) is 0.200. The smallest absolute Gasteiger partial charge is 0.270 e. The molecule has 21 heavy (non-hydrogen) atoms. The molecule has 0 bridgehead atoms. The van der Waals surface area contributed by atoms with E-state index in [9.17, 15) is 15.2 Å². The van der Waals surface area contributed by atoms with E-state index in [1.807, 2.05) is 19.1 Å². The number of halogens is 1. The normalized spacial score (nSPS) is 10.4. The third-order valence-corrected chi connectivity index (χ3v) is 3.82. The van der Waals surface area contributed by atoms with E-state index in [0.29, 0.717) is 15.8 Å². The number of rotatable bonds is 5. The monoisotopic (exact) mass is 351 g/mol. The number of aliphatic hydroxyl groups excluding tert-OH is 1. The minimum atomic E-state index is -0.444. The number of nitrogens with zero attached hydrogens (tertiary/aromatic N) is 1. The van der Waals surface area contributed by atoms with Crippen molar-refractivity contribution in [1.82, 2.24) is 0 Å². The Morgan fingerprint density at radius 3 is 2.67 bits per heavy atom. The number of nitro groups is 1. The molecule has 2 aromatic carbocycles. The van der Waals surface area contributed by atoms with Crippen LogP contribution in [0.25, 0.3) is 0 Å². The molecule has 0 aliphatic carbocycles. The van der Waals surface area contributed by atoms with Crippen LogP contribution >= 0.6 is 15.9 Å². The van der Waals surface area contributed by atoms with Gasteiger partial charge in [-0.3, -0.25) is 10.1 Å². The second kappa shape index (κ2) is 6.69. The highest BCUT2D eigenvalue weighted by Gasteiger charge is 2.11. The van der Waals surface area contributed by atoms with Crippen LogP contribution in [0.3, 0.4) is 0 Å². The first-order valence-electron chi connectivity index (χ1n) is 6.28.